The van der Waals surface area contributed by atoms with Crippen LogP contribution in [0.1, 0.15) is 168 Å². The maximum atomic E-state index is 13.8. The maximum Gasteiger partial charge on any atom is 0.519 e. The fourth-order valence-electron chi connectivity index (χ4n) is 6.62. The minimum atomic E-state index is -1.96. The van der Waals surface area contributed by atoms with Crippen LogP contribution in [0.15, 0.2) is 36.4 Å². The second-order valence-electron chi connectivity index (χ2n) is 19.0. The Hall–Kier alpha value is -3.14. The first-order valence-electron chi connectivity index (χ1n) is 21.8. The monoisotopic (exact) mass is 845 g/mol. The molecule has 2 unspecified atom stereocenters. The van der Waals surface area contributed by atoms with E-state index in [0.717, 1.165) is 77.0 Å². The lowest BCUT2D eigenvalue weighted by atomic mass is 9.88. The third-order valence-corrected chi connectivity index (χ3v) is 21.5. The first-order chi connectivity index (χ1) is 27.0. The molecule has 0 bridgehead atoms. The number of nitro benzene ring substituents is 2. The zero-order valence-electron chi connectivity index (χ0n) is 38.0. The molecule has 0 aliphatic heterocycles. The van der Waals surface area contributed by atoms with Gasteiger partial charge in [0.2, 0.25) is 0 Å². The highest BCUT2D eigenvalue weighted by atomic mass is 28.4. The highest BCUT2D eigenvalue weighted by Crippen LogP contribution is 2.41. The van der Waals surface area contributed by atoms with Crippen LogP contribution in [0.25, 0.3) is 0 Å². The van der Waals surface area contributed by atoms with Crippen molar-refractivity contribution < 1.29 is 33.0 Å². The molecule has 2 rings (SSSR count). The molecule has 0 fully saturated rings. The van der Waals surface area contributed by atoms with Crippen LogP contribution in [-0.2, 0) is 8.85 Å². The Kier molecular flexibility index (Phi) is 20.8. The van der Waals surface area contributed by atoms with Crippen LogP contribution in [-0.4, -0.2) is 45.9 Å². The second kappa shape index (κ2) is 23.6. The van der Waals surface area contributed by atoms with E-state index in [1.165, 1.54) is 36.4 Å². The molecule has 2 aromatic carbocycles. The molecule has 0 saturated carbocycles. The largest absolute Gasteiger partial charge is 0.519 e. The molecule has 11 nitrogen and oxygen atoms in total. The van der Waals surface area contributed by atoms with Gasteiger partial charge in [-0.3, -0.25) is 20.2 Å². The molecule has 0 radical (unpaired) electrons. The Morgan fingerprint density at radius 3 is 1.24 bits per heavy atom. The van der Waals surface area contributed by atoms with E-state index in [1.54, 1.807) is 0 Å². The molecule has 0 amide bonds. The minimum Gasteiger partial charge on any atom is -0.417 e. The number of rotatable bonds is 26. The zero-order valence-corrected chi connectivity index (χ0v) is 40.0. The van der Waals surface area contributed by atoms with Gasteiger partial charge in [-0.05, 0) is 98.8 Å². The van der Waals surface area contributed by atoms with Gasteiger partial charge in [-0.25, -0.2) is 4.79 Å². The molecule has 0 aliphatic carbocycles. The van der Waals surface area contributed by atoms with Crippen molar-refractivity contribution in [3.05, 3.63) is 67.8 Å². The predicted molar refractivity (Wildman–Crippen MR) is 241 cm³/mol. The Labute approximate surface area is 351 Å². The number of unbranched alkanes of at least 4 members (excludes halogenated alkanes) is 6. The maximum absolute atomic E-state index is 13.8. The molecular formula is C45H76N2O9Si2. The van der Waals surface area contributed by atoms with Crippen molar-refractivity contribution in [1.82, 2.24) is 0 Å². The van der Waals surface area contributed by atoms with Gasteiger partial charge in [0.15, 0.2) is 16.6 Å². The summed E-state index contributed by atoms with van der Waals surface area (Å²) in [4.78, 5) is 36.9. The van der Waals surface area contributed by atoms with Gasteiger partial charge in [0, 0.05) is 48.6 Å². The third kappa shape index (κ3) is 16.5. The quantitative estimate of drug-likeness (QED) is 0.0226. The number of hydrogen-bond acceptors (Lipinski definition) is 9. The van der Waals surface area contributed by atoms with Crippen molar-refractivity contribution in [3.63, 3.8) is 0 Å². The Morgan fingerprint density at radius 1 is 0.586 bits per heavy atom. The predicted octanol–water partition coefficient (Wildman–Crippen LogP) is 14.8. The van der Waals surface area contributed by atoms with Gasteiger partial charge in [0.1, 0.15) is 11.5 Å². The summed E-state index contributed by atoms with van der Waals surface area (Å²) in [5.41, 5.74) is 1.03. The summed E-state index contributed by atoms with van der Waals surface area (Å²) in [6.07, 6.45) is 11.7. The van der Waals surface area contributed by atoms with Crippen LogP contribution in [0.5, 0.6) is 11.5 Å². The average molecular weight is 845 g/mol. The highest BCUT2D eigenvalue weighted by Gasteiger charge is 2.38. The molecule has 328 valence electrons. The number of nitrogens with zero attached hydrogens (tertiary/aromatic N) is 2. The summed E-state index contributed by atoms with van der Waals surface area (Å²) in [5, 5.41) is 24.1. The summed E-state index contributed by atoms with van der Waals surface area (Å²) < 4.78 is 24.8. The molecule has 0 spiro atoms. The van der Waals surface area contributed by atoms with Gasteiger partial charge in [0.25, 0.3) is 11.4 Å². The fourth-order valence-corrected chi connectivity index (χ4v) is 8.79. The van der Waals surface area contributed by atoms with Gasteiger partial charge < -0.3 is 18.3 Å². The van der Waals surface area contributed by atoms with Crippen LogP contribution in [0.4, 0.5) is 16.2 Å². The molecule has 0 heterocycles. The molecular weight excluding hydrogens is 769 g/mol. The van der Waals surface area contributed by atoms with Gasteiger partial charge >= 0.3 is 6.16 Å². The molecule has 13 heteroatoms. The van der Waals surface area contributed by atoms with E-state index in [2.05, 4.69) is 81.6 Å². The molecule has 0 saturated heterocycles. The average Bonchev–Trinajstić information content (AvgIpc) is 3.12. The van der Waals surface area contributed by atoms with Crippen molar-refractivity contribution in [2.24, 2.45) is 0 Å². The van der Waals surface area contributed by atoms with E-state index in [0.29, 0.717) is 37.2 Å². The van der Waals surface area contributed by atoms with E-state index in [-0.39, 0.29) is 44.8 Å². The zero-order chi connectivity index (χ0) is 43.7. The van der Waals surface area contributed by atoms with E-state index in [9.17, 15) is 25.0 Å². The molecule has 58 heavy (non-hydrogen) atoms. The van der Waals surface area contributed by atoms with Crippen molar-refractivity contribution in [2.75, 3.05) is 13.2 Å². The van der Waals surface area contributed by atoms with Gasteiger partial charge in [0.05, 0.1) is 9.85 Å². The molecule has 0 aromatic heterocycles. The third-order valence-electron chi connectivity index (χ3n) is 12.4. The number of nitro groups is 2. The summed E-state index contributed by atoms with van der Waals surface area (Å²) in [6.45, 7) is 27.6. The lowest BCUT2D eigenvalue weighted by Gasteiger charge is -2.36. The first-order valence-corrected chi connectivity index (χ1v) is 27.6. The second-order valence-corrected chi connectivity index (χ2v) is 28.6. The lowest BCUT2D eigenvalue weighted by molar-refractivity contribution is -0.385. The van der Waals surface area contributed by atoms with Crippen LogP contribution < -0.4 is 9.47 Å². The Bertz CT molecular complexity index is 1490. The number of benzene rings is 2. The summed E-state index contributed by atoms with van der Waals surface area (Å²) in [5.74, 6) is 0.199. The van der Waals surface area contributed by atoms with E-state index in [1.807, 2.05) is 0 Å². The molecule has 2 atom stereocenters. The van der Waals surface area contributed by atoms with Crippen molar-refractivity contribution in [2.45, 2.75) is 193 Å². The number of carbonyl (C=O) groups is 1. The van der Waals surface area contributed by atoms with Crippen LogP contribution in [0.3, 0.4) is 0 Å². The van der Waals surface area contributed by atoms with Crippen molar-refractivity contribution in [1.29, 1.82) is 0 Å². The van der Waals surface area contributed by atoms with E-state index < -0.39 is 32.6 Å². The van der Waals surface area contributed by atoms with Gasteiger partial charge in [-0.15, -0.1) is 0 Å². The Morgan fingerprint density at radius 2 is 0.931 bits per heavy atom. The number of ether oxygens (including phenoxy) is 2. The van der Waals surface area contributed by atoms with Gasteiger partial charge in [-0.2, -0.15) is 0 Å². The lowest BCUT2D eigenvalue weighted by Crippen LogP contribution is -2.41. The molecule has 2 aromatic rings. The fraction of sp³-hybridized carbons (Fsp3) is 0.711. The van der Waals surface area contributed by atoms with Crippen molar-refractivity contribution >= 4 is 34.2 Å². The first kappa shape index (κ1) is 51.0. The number of hydrogen-bond donors (Lipinski definition) is 0. The number of carbonyl (C=O) groups excluding carboxylic acids is 1. The minimum absolute atomic E-state index is 0.0751. The van der Waals surface area contributed by atoms with Crippen molar-refractivity contribution in [3.8, 4) is 11.5 Å². The molecule has 0 aliphatic rings. The number of non-ortho nitro benzene ring substituents is 2. The smallest absolute Gasteiger partial charge is 0.417 e. The van der Waals surface area contributed by atoms with Crippen LogP contribution in [0.2, 0.25) is 36.3 Å². The standard InChI is InChI=1S/C45H76N2O9Si2/c1-13-15-17-19-23-35(25-21-31-53-57(9,10)44(3,4)5)39-33-37(46(49)50)27-29-41(39)55-43(48)56-42-30-28-38(47(51)52)34-40(42)36(24-20-18-16-14-2)26-22-32-54-58(11,12)45(6,7)8/h27-30,33-36H,13-26,31-32H2,1-12H3. The normalized spacial score (nSPS) is 13.6. The summed E-state index contributed by atoms with van der Waals surface area (Å²) >= 11 is 0. The van der Waals surface area contributed by atoms with Crippen LogP contribution >= 0.6 is 0 Å². The summed E-state index contributed by atoms with van der Waals surface area (Å²) in [7, 11) is -3.92. The van der Waals surface area contributed by atoms with E-state index in [4.69, 9.17) is 18.3 Å². The SMILES string of the molecule is CCCCCCC(CCCO[Si](C)(C)C(C)(C)C)c1cc([N+](=O)[O-])ccc1OC(=O)Oc1ccc([N+](=O)[O-])cc1C(CCCCCC)CCCO[Si](C)(C)C(C)(C)C. The topological polar surface area (TPSA) is 140 Å². The summed E-state index contributed by atoms with van der Waals surface area (Å²) in [6, 6.07) is 8.70. The Balaban J connectivity index is 2.46. The molecule has 0 N–H and O–H groups in total. The van der Waals surface area contributed by atoms with E-state index >= 15 is 0 Å². The highest BCUT2D eigenvalue weighted by molar-refractivity contribution is 6.74. The van der Waals surface area contributed by atoms with Crippen LogP contribution in [0, 0.1) is 20.2 Å². The van der Waals surface area contributed by atoms with Gasteiger partial charge in [-0.1, -0.05) is 107 Å².